The number of hydrogen-bond donors (Lipinski definition) is 2. The number of nitrogen functional groups attached to an aromatic ring is 1. The van der Waals surface area contributed by atoms with Gasteiger partial charge in [-0.05, 0) is 13.0 Å². The third-order valence-electron chi connectivity index (χ3n) is 1.73. The Morgan fingerprint density at radius 2 is 2.07 bits per heavy atom. The van der Waals surface area contributed by atoms with Gasteiger partial charge in [-0.1, -0.05) is 0 Å². The quantitative estimate of drug-likeness (QED) is 0.449. The van der Waals surface area contributed by atoms with Crippen molar-refractivity contribution < 1.29 is 14.6 Å². The first-order valence-corrected chi connectivity index (χ1v) is 3.73. The Morgan fingerprint density at radius 3 is 2.50 bits per heavy atom. The van der Waals surface area contributed by atoms with Gasteiger partial charge in [0, 0.05) is 6.07 Å². The van der Waals surface area contributed by atoms with Crippen LogP contribution < -0.4 is 10.5 Å². The predicted molar refractivity (Wildman–Crippen MR) is 56.3 cm³/mol. The van der Waals surface area contributed by atoms with Gasteiger partial charge in [-0.2, -0.15) is 0 Å². The van der Waals surface area contributed by atoms with E-state index in [-0.39, 0.29) is 29.5 Å². The lowest BCUT2D eigenvalue weighted by atomic mass is 10.1. The predicted octanol–water partition coefficient (Wildman–Crippen LogP) is 1.61. The highest BCUT2D eigenvalue weighted by molar-refractivity contribution is 5.98. The van der Waals surface area contributed by atoms with Gasteiger partial charge in [-0.15, -0.1) is 12.4 Å². The zero-order valence-corrected chi connectivity index (χ0v) is 8.72. The minimum Gasteiger partial charge on any atom is -0.507 e. The molecular formula is C9H12ClNO3. The highest BCUT2D eigenvalue weighted by atomic mass is 35.5. The van der Waals surface area contributed by atoms with Gasteiger partial charge in [0.25, 0.3) is 0 Å². The van der Waals surface area contributed by atoms with E-state index < -0.39 is 0 Å². The second-order valence-electron chi connectivity index (χ2n) is 2.67. The first-order valence-electron chi connectivity index (χ1n) is 3.73. The van der Waals surface area contributed by atoms with Gasteiger partial charge >= 0.3 is 0 Å². The molecule has 0 atom stereocenters. The van der Waals surface area contributed by atoms with Gasteiger partial charge in [-0.25, -0.2) is 0 Å². The molecule has 14 heavy (non-hydrogen) atoms. The fraction of sp³-hybridized carbons (Fsp3) is 0.222. The third kappa shape index (κ3) is 2.29. The summed E-state index contributed by atoms with van der Waals surface area (Å²) in [5.41, 5.74) is 6.10. The average Bonchev–Trinajstić information content (AvgIpc) is 2.07. The second-order valence-corrected chi connectivity index (χ2v) is 2.67. The molecule has 0 fully saturated rings. The number of phenolic OH excluding ortho intramolecular Hbond substituents is 1. The first kappa shape index (κ1) is 12.6. The monoisotopic (exact) mass is 217 g/mol. The molecule has 4 nitrogen and oxygen atoms in total. The normalized spacial score (nSPS) is 9.00. The van der Waals surface area contributed by atoms with Crippen LogP contribution in [0.15, 0.2) is 12.1 Å². The molecule has 78 valence electrons. The number of methoxy groups -OCH3 is 1. The van der Waals surface area contributed by atoms with Crippen LogP contribution in [0.25, 0.3) is 0 Å². The summed E-state index contributed by atoms with van der Waals surface area (Å²) in [6.45, 7) is 1.36. The van der Waals surface area contributed by atoms with Crippen LogP contribution in [-0.2, 0) is 0 Å². The number of carbonyl (C=O) groups is 1. The summed E-state index contributed by atoms with van der Waals surface area (Å²) in [6.07, 6.45) is 0. The number of halogens is 1. The van der Waals surface area contributed by atoms with Crippen LogP contribution in [0.1, 0.15) is 17.3 Å². The Bertz CT molecular complexity index is 352. The largest absolute Gasteiger partial charge is 0.507 e. The van der Waals surface area contributed by atoms with E-state index >= 15 is 0 Å². The van der Waals surface area contributed by atoms with Crippen molar-refractivity contribution in [1.82, 2.24) is 0 Å². The molecular weight excluding hydrogens is 206 g/mol. The Morgan fingerprint density at radius 1 is 1.50 bits per heavy atom. The number of anilines is 1. The Hall–Kier alpha value is -1.42. The lowest BCUT2D eigenvalue weighted by Crippen LogP contribution is -1.98. The van der Waals surface area contributed by atoms with Gasteiger partial charge in [0.2, 0.25) is 0 Å². The van der Waals surface area contributed by atoms with Crippen molar-refractivity contribution in [3.05, 3.63) is 17.7 Å². The van der Waals surface area contributed by atoms with E-state index in [0.717, 1.165) is 0 Å². The van der Waals surface area contributed by atoms with Crippen LogP contribution >= 0.6 is 12.4 Å². The average molecular weight is 218 g/mol. The number of ketones is 1. The second kappa shape index (κ2) is 4.72. The zero-order valence-electron chi connectivity index (χ0n) is 7.90. The van der Waals surface area contributed by atoms with E-state index in [9.17, 15) is 9.90 Å². The van der Waals surface area contributed by atoms with Gasteiger partial charge in [0.15, 0.2) is 5.78 Å². The summed E-state index contributed by atoms with van der Waals surface area (Å²) in [6, 6.07) is 2.72. The topological polar surface area (TPSA) is 72.5 Å². The number of ether oxygens (including phenoxy) is 1. The molecule has 1 rings (SSSR count). The summed E-state index contributed by atoms with van der Waals surface area (Å²) in [7, 11) is 1.44. The van der Waals surface area contributed by atoms with E-state index in [0.29, 0.717) is 11.4 Å². The molecule has 0 amide bonds. The molecule has 0 aromatic heterocycles. The van der Waals surface area contributed by atoms with E-state index in [2.05, 4.69) is 0 Å². The maximum absolute atomic E-state index is 11.0. The Kier molecular flexibility index (Phi) is 4.24. The standard InChI is InChI=1S/C9H11NO3.ClH/c1-5(11)6-3-7(10)9(13-2)4-8(6)12;/h3-4,12H,10H2,1-2H3;1H. The van der Waals surface area contributed by atoms with E-state index in [1.807, 2.05) is 0 Å². The lowest BCUT2D eigenvalue weighted by Gasteiger charge is -2.07. The third-order valence-corrected chi connectivity index (χ3v) is 1.73. The molecule has 5 heteroatoms. The fourth-order valence-electron chi connectivity index (χ4n) is 1.04. The number of carbonyl (C=O) groups excluding carboxylic acids is 1. The number of rotatable bonds is 2. The van der Waals surface area contributed by atoms with Crippen molar-refractivity contribution in [2.75, 3.05) is 12.8 Å². The number of phenols is 1. The lowest BCUT2D eigenvalue weighted by molar-refractivity contribution is 0.101. The maximum Gasteiger partial charge on any atom is 0.163 e. The van der Waals surface area contributed by atoms with Gasteiger partial charge in [-0.3, -0.25) is 4.79 Å². The number of benzene rings is 1. The molecule has 0 aliphatic rings. The maximum atomic E-state index is 11.0. The Labute approximate surface area is 88.1 Å². The van der Waals surface area contributed by atoms with Crippen molar-refractivity contribution in [3.8, 4) is 11.5 Å². The first-order chi connectivity index (χ1) is 6.06. The van der Waals surface area contributed by atoms with Crippen molar-refractivity contribution in [3.63, 3.8) is 0 Å². The van der Waals surface area contributed by atoms with Gasteiger partial charge < -0.3 is 15.6 Å². The molecule has 0 aliphatic heterocycles. The smallest absolute Gasteiger partial charge is 0.163 e. The summed E-state index contributed by atoms with van der Waals surface area (Å²) < 4.78 is 4.86. The van der Waals surface area contributed by atoms with Crippen LogP contribution in [0.2, 0.25) is 0 Å². The summed E-state index contributed by atoms with van der Waals surface area (Å²) in [5.74, 6) is 0.0212. The molecule has 0 spiro atoms. The molecule has 3 N–H and O–H groups in total. The van der Waals surface area contributed by atoms with Crippen molar-refractivity contribution in [1.29, 1.82) is 0 Å². The zero-order chi connectivity index (χ0) is 10.0. The SMILES string of the molecule is COc1cc(O)c(C(C)=O)cc1N.Cl. The molecule has 0 saturated carbocycles. The highest BCUT2D eigenvalue weighted by Gasteiger charge is 2.10. The van der Waals surface area contributed by atoms with Gasteiger partial charge in [0.1, 0.15) is 11.5 Å². The van der Waals surface area contributed by atoms with E-state index in [4.69, 9.17) is 10.5 Å². The summed E-state index contributed by atoms with van der Waals surface area (Å²) in [4.78, 5) is 11.0. The molecule has 1 aromatic carbocycles. The highest BCUT2D eigenvalue weighted by Crippen LogP contribution is 2.30. The van der Waals surface area contributed by atoms with Crippen molar-refractivity contribution >= 4 is 23.9 Å². The molecule has 0 aliphatic carbocycles. The minimum absolute atomic E-state index is 0. The number of nitrogens with two attached hydrogens (primary N) is 1. The number of aromatic hydroxyl groups is 1. The van der Waals surface area contributed by atoms with Gasteiger partial charge in [0.05, 0.1) is 18.4 Å². The van der Waals surface area contributed by atoms with E-state index in [1.54, 1.807) is 0 Å². The van der Waals surface area contributed by atoms with E-state index in [1.165, 1.54) is 26.2 Å². The van der Waals surface area contributed by atoms with Crippen molar-refractivity contribution in [2.45, 2.75) is 6.92 Å². The summed E-state index contributed by atoms with van der Waals surface area (Å²) in [5, 5.41) is 9.36. The van der Waals surface area contributed by atoms with Crippen LogP contribution in [0.5, 0.6) is 11.5 Å². The van der Waals surface area contributed by atoms with Crippen molar-refractivity contribution in [2.24, 2.45) is 0 Å². The Balaban J connectivity index is 0.00000169. The molecule has 0 heterocycles. The van der Waals surface area contributed by atoms with Crippen LogP contribution in [-0.4, -0.2) is 18.0 Å². The van der Waals surface area contributed by atoms with Crippen LogP contribution in [0.4, 0.5) is 5.69 Å². The van der Waals surface area contributed by atoms with Crippen LogP contribution in [0.3, 0.4) is 0 Å². The fourth-order valence-corrected chi connectivity index (χ4v) is 1.04. The minimum atomic E-state index is -0.230. The number of Topliss-reactive ketones (excluding diaryl/α,β-unsaturated/α-hetero) is 1. The van der Waals surface area contributed by atoms with Crippen LogP contribution in [0, 0.1) is 0 Å². The molecule has 0 radical (unpaired) electrons. The summed E-state index contributed by atoms with van der Waals surface area (Å²) >= 11 is 0. The molecule has 1 aromatic rings. The number of hydrogen-bond acceptors (Lipinski definition) is 4. The molecule has 0 unspecified atom stereocenters. The molecule has 0 bridgehead atoms. The molecule has 0 saturated heterocycles.